The molecule has 1 aromatic carbocycles. The van der Waals surface area contributed by atoms with Gasteiger partial charge in [-0.15, -0.1) is 0 Å². The molecule has 4 rings (SSSR count). The van der Waals surface area contributed by atoms with E-state index in [9.17, 15) is 0 Å². The Bertz CT molecular complexity index is 1080. The van der Waals surface area contributed by atoms with Crippen LogP contribution in [0.15, 0.2) is 52.2 Å². The van der Waals surface area contributed by atoms with Gasteiger partial charge >= 0.3 is 0 Å². The molecule has 30 heavy (non-hydrogen) atoms. The normalized spacial score (nSPS) is 16.3. The van der Waals surface area contributed by atoms with E-state index in [1.165, 1.54) is 0 Å². The zero-order chi connectivity index (χ0) is 20.9. The Morgan fingerprint density at radius 1 is 1.33 bits per heavy atom. The Morgan fingerprint density at radius 2 is 2.13 bits per heavy atom. The molecule has 3 aromatic rings. The van der Waals surface area contributed by atoms with Crippen LogP contribution in [0.1, 0.15) is 19.8 Å². The van der Waals surface area contributed by atoms with Crippen molar-refractivity contribution >= 4 is 44.7 Å². The Labute approximate surface area is 183 Å². The highest BCUT2D eigenvalue weighted by atomic mass is 79.9. The van der Waals surface area contributed by atoms with Crippen molar-refractivity contribution < 1.29 is 9.47 Å². The molecule has 0 atom stereocenters. The number of nitrogens with zero attached hydrogens (tertiary/aromatic N) is 4. The van der Waals surface area contributed by atoms with E-state index in [2.05, 4.69) is 37.1 Å². The minimum absolute atomic E-state index is 0.217. The molecule has 0 spiro atoms. The molecule has 0 bridgehead atoms. The first-order valence-electron chi connectivity index (χ1n) is 9.91. The van der Waals surface area contributed by atoms with Crippen LogP contribution in [-0.2, 0) is 9.47 Å². The average Bonchev–Trinajstić information content (AvgIpc) is 3.20. The van der Waals surface area contributed by atoms with Gasteiger partial charge in [0.2, 0.25) is 0 Å². The standard InChI is InChI=1S/C22H24BrN5O2/c1-15(23)21(24)28-22(25-8-11-30-18-6-9-29-10-7-18)19(14-27-28)17-12-16-4-2-3-5-20(16)26-13-17/h2-5,8,12-14,18H,6-7,9-11,24H2,1H3/b21-15+,25-8+. The van der Waals surface area contributed by atoms with Crippen LogP contribution in [0.5, 0.6) is 0 Å². The predicted octanol–water partition coefficient (Wildman–Crippen LogP) is 4.50. The van der Waals surface area contributed by atoms with Gasteiger partial charge in [0.15, 0.2) is 5.82 Å². The second-order valence-electron chi connectivity index (χ2n) is 7.09. The zero-order valence-electron chi connectivity index (χ0n) is 16.8. The van der Waals surface area contributed by atoms with Crippen molar-refractivity contribution in [3.05, 3.63) is 47.2 Å². The summed E-state index contributed by atoms with van der Waals surface area (Å²) in [5, 5.41) is 5.52. The molecule has 0 saturated carbocycles. The molecule has 0 aliphatic carbocycles. The molecule has 2 N–H and O–H groups in total. The van der Waals surface area contributed by atoms with Crippen molar-refractivity contribution in [2.24, 2.45) is 10.7 Å². The van der Waals surface area contributed by atoms with E-state index in [-0.39, 0.29) is 6.10 Å². The fraction of sp³-hybridized carbons (Fsp3) is 0.318. The first-order chi connectivity index (χ1) is 14.6. The van der Waals surface area contributed by atoms with Gasteiger partial charge in [0.1, 0.15) is 5.82 Å². The third-order valence-corrected chi connectivity index (χ3v) is 5.42. The van der Waals surface area contributed by atoms with Crippen LogP contribution >= 0.6 is 15.9 Å². The van der Waals surface area contributed by atoms with Crippen molar-refractivity contribution in [3.8, 4) is 11.1 Å². The van der Waals surface area contributed by atoms with Gasteiger partial charge in [-0.3, -0.25) is 4.98 Å². The van der Waals surface area contributed by atoms with Crippen molar-refractivity contribution in [2.45, 2.75) is 25.9 Å². The molecule has 3 heterocycles. The molecule has 2 aromatic heterocycles. The SMILES string of the molecule is C/C(Br)=C(/N)n1ncc(-c2cnc3ccccc3c2)c1/N=C/COC1CCOCC1. The maximum Gasteiger partial charge on any atom is 0.165 e. The van der Waals surface area contributed by atoms with Crippen LogP contribution in [0.3, 0.4) is 0 Å². The summed E-state index contributed by atoms with van der Waals surface area (Å²) in [7, 11) is 0. The molecular formula is C22H24BrN5O2. The molecule has 156 valence electrons. The fourth-order valence-electron chi connectivity index (χ4n) is 3.36. The van der Waals surface area contributed by atoms with E-state index in [0.717, 1.165) is 52.6 Å². The number of rotatable bonds is 6. The summed E-state index contributed by atoms with van der Waals surface area (Å²) in [6, 6.07) is 10.1. The van der Waals surface area contributed by atoms with Gasteiger partial charge in [-0.05, 0) is 31.9 Å². The van der Waals surface area contributed by atoms with Gasteiger partial charge in [-0.1, -0.05) is 34.1 Å². The topological polar surface area (TPSA) is 87.6 Å². The highest BCUT2D eigenvalue weighted by Crippen LogP contribution is 2.33. The number of allylic oxidation sites excluding steroid dienone is 1. The molecule has 7 nitrogen and oxygen atoms in total. The van der Waals surface area contributed by atoms with Gasteiger partial charge in [0, 0.05) is 46.6 Å². The van der Waals surface area contributed by atoms with Crippen molar-refractivity contribution in [3.63, 3.8) is 0 Å². The summed E-state index contributed by atoms with van der Waals surface area (Å²) >= 11 is 3.44. The molecule has 8 heteroatoms. The molecule has 1 aliphatic heterocycles. The van der Waals surface area contributed by atoms with Gasteiger partial charge in [0.25, 0.3) is 0 Å². The number of hydrogen-bond acceptors (Lipinski definition) is 6. The second-order valence-corrected chi connectivity index (χ2v) is 8.28. The summed E-state index contributed by atoms with van der Waals surface area (Å²) in [4.78, 5) is 9.23. The summed E-state index contributed by atoms with van der Waals surface area (Å²) in [6.45, 7) is 3.79. The molecule has 1 fully saturated rings. The summed E-state index contributed by atoms with van der Waals surface area (Å²) in [6.07, 6.45) is 7.41. The maximum absolute atomic E-state index is 6.24. The van der Waals surface area contributed by atoms with Gasteiger partial charge in [0.05, 0.1) is 24.4 Å². The first-order valence-corrected chi connectivity index (χ1v) is 10.7. The Balaban J connectivity index is 1.64. The summed E-state index contributed by atoms with van der Waals surface area (Å²) < 4.78 is 13.7. The molecule has 0 unspecified atom stereocenters. The van der Waals surface area contributed by atoms with Crippen LogP contribution in [-0.4, -0.2) is 46.9 Å². The minimum Gasteiger partial charge on any atom is -0.383 e. The van der Waals surface area contributed by atoms with Crippen LogP contribution < -0.4 is 5.73 Å². The number of para-hydroxylation sites is 1. The maximum atomic E-state index is 6.24. The summed E-state index contributed by atoms with van der Waals surface area (Å²) in [5.41, 5.74) is 8.97. The van der Waals surface area contributed by atoms with Crippen LogP contribution in [0.4, 0.5) is 5.82 Å². The smallest absolute Gasteiger partial charge is 0.165 e. The highest BCUT2D eigenvalue weighted by molar-refractivity contribution is 9.11. The second kappa shape index (κ2) is 9.51. The number of aliphatic imine (C=N–C) groups is 1. The molecule has 1 saturated heterocycles. The lowest BCUT2D eigenvalue weighted by Gasteiger charge is -2.21. The molecule has 0 amide bonds. The first kappa shape index (κ1) is 20.7. The van der Waals surface area contributed by atoms with E-state index in [1.54, 1.807) is 17.1 Å². The number of hydrogen-bond donors (Lipinski definition) is 1. The van der Waals surface area contributed by atoms with E-state index in [1.807, 2.05) is 37.4 Å². The number of aromatic nitrogens is 3. The number of pyridine rings is 1. The Kier molecular flexibility index (Phi) is 6.56. The number of benzene rings is 1. The Morgan fingerprint density at radius 3 is 2.93 bits per heavy atom. The van der Waals surface area contributed by atoms with Gasteiger partial charge in [-0.2, -0.15) is 9.78 Å². The Hall–Kier alpha value is -2.55. The minimum atomic E-state index is 0.217. The summed E-state index contributed by atoms with van der Waals surface area (Å²) in [5.74, 6) is 1.12. The van der Waals surface area contributed by atoms with Crippen molar-refractivity contribution in [1.82, 2.24) is 14.8 Å². The quantitative estimate of drug-likeness (QED) is 0.537. The van der Waals surface area contributed by atoms with E-state index in [0.29, 0.717) is 18.2 Å². The van der Waals surface area contributed by atoms with Crippen LogP contribution in [0.2, 0.25) is 0 Å². The average molecular weight is 470 g/mol. The largest absolute Gasteiger partial charge is 0.383 e. The zero-order valence-corrected chi connectivity index (χ0v) is 18.4. The highest BCUT2D eigenvalue weighted by Gasteiger charge is 2.16. The number of halogens is 1. The van der Waals surface area contributed by atoms with E-state index >= 15 is 0 Å². The molecular weight excluding hydrogens is 446 g/mol. The lowest BCUT2D eigenvalue weighted by atomic mass is 10.1. The van der Waals surface area contributed by atoms with Crippen LogP contribution in [0.25, 0.3) is 27.9 Å². The van der Waals surface area contributed by atoms with Gasteiger partial charge in [-0.25, -0.2) is 4.99 Å². The molecule has 1 aliphatic rings. The fourth-order valence-corrected chi connectivity index (χ4v) is 3.52. The molecule has 0 radical (unpaired) electrons. The number of ether oxygens (including phenoxy) is 2. The number of nitrogens with two attached hydrogens (primary N) is 1. The third-order valence-electron chi connectivity index (χ3n) is 5.01. The van der Waals surface area contributed by atoms with Gasteiger partial charge < -0.3 is 15.2 Å². The van der Waals surface area contributed by atoms with E-state index in [4.69, 9.17) is 15.2 Å². The monoisotopic (exact) mass is 469 g/mol. The van der Waals surface area contributed by atoms with Crippen LogP contribution in [0, 0.1) is 0 Å². The number of fused-ring (bicyclic) bond motifs is 1. The van der Waals surface area contributed by atoms with E-state index < -0.39 is 0 Å². The lowest BCUT2D eigenvalue weighted by molar-refractivity contribution is -0.0182. The third kappa shape index (κ3) is 4.61. The lowest BCUT2D eigenvalue weighted by Crippen LogP contribution is -2.24. The van der Waals surface area contributed by atoms with Crippen molar-refractivity contribution in [2.75, 3.05) is 19.8 Å². The van der Waals surface area contributed by atoms with Crippen molar-refractivity contribution in [1.29, 1.82) is 0 Å². The predicted molar refractivity (Wildman–Crippen MR) is 123 cm³/mol.